The first-order valence-electron chi connectivity index (χ1n) is 5.83. The highest BCUT2D eigenvalue weighted by molar-refractivity contribution is 5.94. The fourth-order valence-electron chi connectivity index (χ4n) is 1.72. The van der Waals surface area contributed by atoms with Crippen molar-refractivity contribution in [3.63, 3.8) is 0 Å². The number of carbonyl (C=O) groups is 1. The number of nitrogen functional groups attached to an aromatic ring is 1. The summed E-state index contributed by atoms with van der Waals surface area (Å²) < 4.78 is 0. The summed E-state index contributed by atoms with van der Waals surface area (Å²) in [6, 6.07) is 17.0. The zero-order chi connectivity index (χ0) is 13.0. The maximum atomic E-state index is 12.1. The summed E-state index contributed by atoms with van der Waals surface area (Å²) in [5, 5.41) is 0. The number of anilines is 2. The highest BCUT2D eigenvalue weighted by Gasteiger charge is 2.10. The van der Waals surface area contributed by atoms with Crippen LogP contribution in [0, 0.1) is 0 Å². The fraction of sp³-hybridized carbons (Fsp3) is 0.133. The third-order valence-corrected chi connectivity index (χ3v) is 2.85. The minimum absolute atomic E-state index is 0.0611. The maximum absolute atomic E-state index is 12.1. The van der Waals surface area contributed by atoms with Crippen LogP contribution in [0.1, 0.15) is 5.56 Å². The summed E-state index contributed by atoms with van der Waals surface area (Å²) in [5.41, 5.74) is 8.19. The van der Waals surface area contributed by atoms with E-state index in [4.69, 9.17) is 5.73 Å². The molecule has 2 rings (SSSR count). The molecule has 0 saturated carbocycles. The first-order valence-corrected chi connectivity index (χ1v) is 5.83. The number of carbonyl (C=O) groups excluding carboxylic acids is 1. The molecule has 0 heterocycles. The maximum Gasteiger partial charge on any atom is 0.231 e. The molecule has 3 nitrogen and oxygen atoms in total. The lowest BCUT2D eigenvalue weighted by atomic mass is 10.1. The van der Waals surface area contributed by atoms with Crippen molar-refractivity contribution < 1.29 is 4.79 Å². The average Bonchev–Trinajstić information content (AvgIpc) is 2.41. The molecule has 0 radical (unpaired) electrons. The molecule has 0 saturated heterocycles. The van der Waals surface area contributed by atoms with E-state index in [0.29, 0.717) is 12.1 Å². The number of nitrogens with two attached hydrogens (primary N) is 1. The molecule has 0 aromatic heterocycles. The van der Waals surface area contributed by atoms with Crippen LogP contribution < -0.4 is 10.6 Å². The van der Waals surface area contributed by atoms with Crippen LogP contribution in [0.15, 0.2) is 54.6 Å². The van der Waals surface area contributed by atoms with Crippen molar-refractivity contribution in [1.82, 2.24) is 0 Å². The van der Waals surface area contributed by atoms with Gasteiger partial charge in [0.15, 0.2) is 0 Å². The van der Waals surface area contributed by atoms with Crippen molar-refractivity contribution >= 4 is 17.3 Å². The predicted octanol–water partition coefficient (Wildman–Crippen LogP) is 2.47. The molecule has 0 aliphatic carbocycles. The number of hydrogen-bond donors (Lipinski definition) is 1. The van der Waals surface area contributed by atoms with Crippen molar-refractivity contribution in [1.29, 1.82) is 0 Å². The van der Waals surface area contributed by atoms with Crippen LogP contribution in [0.4, 0.5) is 11.4 Å². The number of likely N-dealkylation sites (N-methyl/N-ethyl adjacent to an activating group) is 1. The lowest BCUT2D eigenvalue weighted by Gasteiger charge is -2.17. The number of hydrogen-bond acceptors (Lipinski definition) is 2. The number of rotatable bonds is 3. The molecule has 0 bridgehead atoms. The molecule has 0 spiro atoms. The van der Waals surface area contributed by atoms with Gasteiger partial charge in [-0.3, -0.25) is 4.79 Å². The van der Waals surface area contributed by atoms with Crippen molar-refractivity contribution in [3.8, 4) is 0 Å². The number of nitrogens with zero attached hydrogens (tertiary/aromatic N) is 1. The average molecular weight is 240 g/mol. The van der Waals surface area contributed by atoms with E-state index in [1.807, 2.05) is 54.6 Å². The summed E-state index contributed by atoms with van der Waals surface area (Å²) in [6.07, 6.45) is 0.381. The van der Waals surface area contributed by atoms with Crippen molar-refractivity contribution in [3.05, 3.63) is 60.2 Å². The Kier molecular flexibility index (Phi) is 3.63. The molecule has 18 heavy (non-hydrogen) atoms. The van der Waals surface area contributed by atoms with Gasteiger partial charge < -0.3 is 10.6 Å². The largest absolute Gasteiger partial charge is 0.399 e. The Balaban J connectivity index is 2.06. The second kappa shape index (κ2) is 5.36. The van der Waals surface area contributed by atoms with E-state index in [1.54, 1.807) is 11.9 Å². The molecule has 2 N–H and O–H groups in total. The van der Waals surface area contributed by atoms with Gasteiger partial charge in [0.2, 0.25) is 5.91 Å². The van der Waals surface area contributed by atoms with Gasteiger partial charge in [-0.1, -0.05) is 30.3 Å². The molecule has 1 amide bonds. The molecule has 0 aliphatic heterocycles. The van der Waals surface area contributed by atoms with Crippen LogP contribution in [-0.2, 0) is 11.2 Å². The van der Waals surface area contributed by atoms with E-state index in [1.165, 1.54) is 0 Å². The molecule has 0 unspecified atom stereocenters. The number of para-hydroxylation sites is 1. The van der Waals surface area contributed by atoms with E-state index < -0.39 is 0 Å². The minimum Gasteiger partial charge on any atom is -0.399 e. The topological polar surface area (TPSA) is 46.3 Å². The first kappa shape index (κ1) is 12.2. The van der Waals surface area contributed by atoms with Crippen LogP contribution in [-0.4, -0.2) is 13.0 Å². The lowest BCUT2D eigenvalue weighted by molar-refractivity contribution is -0.117. The van der Waals surface area contributed by atoms with Crippen LogP contribution in [0.2, 0.25) is 0 Å². The van der Waals surface area contributed by atoms with E-state index in [9.17, 15) is 4.79 Å². The van der Waals surface area contributed by atoms with E-state index in [0.717, 1.165) is 11.3 Å². The van der Waals surface area contributed by atoms with Crippen molar-refractivity contribution in [2.45, 2.75) is 6.42 Å². The summed E-state index contributed by atoms with van der Waals surface area (Å²) in [7, 11) is 1.79. The molecule has 0 fully saturated rings. The SMILES string of the molecule is CN(C(=O)Cc1ccc(N)cc1)c1ccccc1. The van der Waals surface area contributed by atoms with Gasteiger partial charge in [0.1, 0.15) is 0 Å². The van der Waals surface area contributed by atoms with E-state index >= 15 is 0 Å². The van der Waals surface area contributed by atoms with E-state index in [2.05, 4.69) is 0 Å². The second-order valence-corrected chi connectivity index (χ2v) is 4.21. The Morgan fingerprint density at radius 2 is 1.67 bits per heavy atom. The van der Waals surface area contributed by atoms with Crippen molar-refractivity contribution in [2.24, 2.45) is 0 Å². The van der Waals surface area contributed by atoms with Gasteiger partial charge in [-0.25, -0.2) is 0 Å². The van der Waals surface area contributed by atoms with Crippen LogP contribution >= 0.6 is 0 Å². The molecule has 92 valence electrons. The number of amides is 1. The lowest BCUT2D eigenvalue weighted by Crippen LogP contribution is -2.27. The highest BCUT2D eigenvalue weighted by atomic mass is 16.2. The minimum atomic E-state index is 0.0611. The summed E-state index contributed by atoms with van der Waals surface area (Å²) in [5.74, 6) is 0.0611. The summed E-state index contributed by atoms with van der Waals surface area (Å²) in [4.78, 5) is 13.8. The standard InChI is InChI=1S/C15H16N2O/c1-17(14-5-3-2-4-6-14)15(18)11-12-7-9-13(16)10-8-12/h2-10H,11,16H2,1H3. The third kappa shape index (κ3) is 2.88. The molecule has 3 heteroatoms. The van der Waals surface area contributed by atoms with Crippen LogP contribution in [0.25, 0.3) is 0 Å². The molecule has 2 aromatic rings. The predicted molar refractivity (Wildman–Crippen MR) is 74.4 cm³/mol. The molecule has 2 aromatic carbocycles. The van der Waals surface area contributed by atoms with Gasteiger partial charge in [0, 0.05) is 18.4 Å². The number of benzene rings is 2. The fourth-order valence-corrected chi connectivity index (χ4v) is 1.72. The Hall–Kier alpha value is -2.29. The highest BCUT2D eigenvalue weighted by Crippen LogP contribution is 2.13. The summed E-state index contributed by atoms with van der Waals surface area (Å²) >= 11 is 0. The Labute approximate surface area is 107 Å². The normalized spacial score (nSPS) is 10.1. The molecule has 0 atom stereocenters. The van der Waals surface area contributed by atoms with Crippen molar-refractivity contribution in [2.75, 3.05) is 17.7 Å². The van der Waals surface area contributed by atoms with Gasteiger partial charge in [-0.15, -0.1) is 0 Å². The quantitative estimate of drug-likeness (QED) is 0.838. The van der Waals surface area contributed by atoms with Gasteiger partial charge in [-0.2, -0.15) is 0 Å². The second-order valence-electron chi connectivity index (χ2n) is 4.21. The zero-order valence-electron chi connectivity index (χ0n) is 10.3. The monoisotopic (exact) mass is 240 g/mol. The first-order chi connectivity index (χ1) is 8.66. The van der Waals surface area contributed by atoms with Gasteiger partial charge in [0.25, 0.3) is 0 Å². The third-order valence-electron chi connectivity index (χ3n) is 2.85. The van der Waals surface area contributed by atoms with E-state index in [-0.39, 0.29) is 5.91 Å². The molecular weight excluding hydrogens is 224 g/mol. The Morgan fingerprint density at radius 1 is 1.06 bits per heavy atom. The van der Waals surface area contributed by atoms with Gasteiger partial charge >= 0.3 is 0 Å². The molecular formula is C15H16N2O. The van der Waals surface area contributed by atoms with Gasteiger partial charge in [0.05, 0.1) is 6.42 Å². The zero-order valence-corrected chi connectivity index (χ0v) is 10.3. The Bertz CT molecular complexity index is 520. The van der Waals surface area contributed by atoms with Gasteiger partial charge in [-0.05, 0) is 29.8 Å². The van der Waals surface area contributed by atoms with Crippen LogP contribution in [0.3, 0.4) is 0 Å². The Morgan fingerprint density at radius 3 is 2.28 bits per heavy atom. The smallest absolute Gasteiger partial charge is 0.231 e. The van der Waals surface area contributed by atoms with Crippen LogP contribution in [0.5, 0.6) is 0 Å². The molecule has 0 aliphatic rings. The summed E-state index contributed by atoms with van der Waals surface area (Å²) in [6.45, 7) is 0.